The van der Waals surface area contributed by atoms with Gasteiger partial charge in [-0.25, -0.2) is 4.79 Å². The average molecular weight is 277 g/mol. The summed E-state index contributed by atoms with van der Waals surface area (Å²) >= 11 is 0. The maximum Gasteiger partial charge on any atom is 0.409 e. The molecule has 0 bridgehead atoms. The van der Waals surface area contributed by atoms with Crippen molar-refractivity contribution in [3.05, 3.63) is 48.6 Å². The largest absolute Gasteiger partial charge is 0.445 e. The first-order valence-corrected chi connectivity index (χ1v) is 6.43. The van der Waals surface area contributed by atoms with E-state index >= 15 is 0 Å². The summed E-state index contributed by atoms with van der Waals surface area (Å²) in [5.74, 6) is 0. The van der Waals surface area contributed by atoms with Crippen molar-refractivity contribution in [1.29, 1.82) is 0 Å². The molecule has 0 spiro atoms. The van der Waals surface area contributed by atoms with E-state index in [0.29, 0.717) is 0 Å². The number of benzene rings is 1. The molecule has 0 saturated carbocycles. The molecule has 0 heterocycles. The number of amides is 1. The van der Waals surface area contributed by atoms with Gasteiger partial charge in [-0.3, -0.25) is 10.3 Å². The summed E-state index contributed by atoms with van der Waals surface area (Å²) in [5, 5.41) is 2.48. The summed E-state index contributed by atoms with van der Waals surface area (Å²) in [7, 11) is 0. The van der Waals surface area contributed by atoms with Crippen molar-refractivity contribution >= 4 is 12.8 Å². The van der Waals surface area contributed by atoms with E-state index in [4.69, 9.17) is 10.5 Å². The second-order valence-electron chi connectivity index (χ2n) is 3.86. The van der Waals surface area contributed by atoms with Gasteiger partial charge in [0.2, 0.25) is 0 Å². The van der Waals surface area contributed by atoms with Crippen LogP contribution in [0.25, 0.3) is 0 Å². The number of ether oxygens (including phenoxy) is 1. The number of alkyl carbamates (subject to hydrolysis) is 1. The molecule has 1 rings (SSSR count). The summed E-state index contributed by atoms with van der Waals surface area (Å²) in [5.41, 5.74) is 5.96. The molecule has 0 aromatic heterocycles. The molecule has 0 aliphatic carbocycles. The number of nitrogens with zero attached hydrogens (tertiary/aromatic N) is 1. The normalized spacial score (nSPS) is 10.5. The fourth-order valence-electron chi connectivity index (χ4n) is 1.06. The molecule has 1 amide bonds. The highest BCUT2D eigenvalue weighted by molar-refractivity contribution is 5.68. The predicted molar refractivity (Wildman–Crippen MR) is 82.6 cm³/mol. The van der Waals surface area contributed by atoms with Gasteiger partial charge in [0.25, 0.3) is 0 Å². The molecule has 110 valence electrons. The van der Waals surface area contributed by atoms with Crippen LogP contribution >= 0.6 is 0 Å². The van der Waals surface area contributed by atoms with Crippen LogP contribution in [0.2, 0.25) is 0 Å². The number of hydrogen-bond donors (Lipinski definition) is 2. The van der Waals surface area contributed by atoms with Gasteiger partial charge in [-0.15, -0.1) is 0 Å². The monoisotopic (exact) mass is 277 g/mol. The molecule has 5 nitrogen and oxygen atoms in total. The Morgan fingerprint density at radius 3 is 2.55 bits per heavy atom. The summed E-state index contributed by atoms with van der Waals surface area (Å²) in [6.07, 6.45) is 1.51. The maximum absolute atomic E-state index is 11.3. The van der Waals surface area contributed by atoms with E-state index in [-0.39, 0.29) is 6.61 Å². The first kappa shape index (κ1) is 17.9. The van der Waals surface area contributed by atoms with Crippen molar-refractivity contribution in [2.75, 3.05) is 6.54 Å². The highest BCUT2D eigenvalue weighted by Gasteiger charge is 2.06. The molecule has 0 radical (unpaired) electrons. The van der Waals surface area contributed by atoms with Crippen LogP contribution in [0.5, 0.6) is 0 Å². The first-order chi connectivity index (χ1) is 9.67. The van der Waals surface area contributed by atoms with E-state index < -0.39 is 12.3 Å². The third-order valence-electron chi connectivity index (χ3n) is 2.19. The number of carbonyl (C=O) groups is 1. The zero-order valence-electron chi connectivity index (χ0n) is 11.9. The van der Waals surface area contributed by atoms with E-state index in [9.17, 15) is 4.79 Å². The number of rotatable bonds is 6. The van der Waals surface area contributed by atoms with Crippen molar-refractivity contribution in [2.24, 2.45) is 10.7 Å². The quantitative estimate of drug-likeness (QED) is 0.619. The molecular formula is C15H23N3O2. The van der Waals surface area contributed by atoms with Crippen LogP contribution in [0.4, 0.5) is 4.79 Å². The summed E-state index contributed by atoms with van der Waals surface area (Å²) < 4.78 is 4.98. The van der Waals surface area contributed by atoms with Crippen LogP contribution in [-0.4, -0.2) is 25.5 Å². The van der Waals surface area contributed by atoms with Crippen molar-refractivity contribution < 1.29 is 9.53 Å². The third kappa shape index (κ3) is 8.88. The minimum Gasteiger partial charge on any atom is -0.445 e. The van der Waals surface area contributed by atoms with Gasteiger partial charge in [0.05, 0.1) is 0 Å². The molecule has 1 unspecified atom stereocenters. The number of aliphatic imine (C=N–C) groups is 1. The fourth-order valence-corrected chi connectivity index (χ4v) is 1.06. The maximum atomic E-state index is 11.3. The standard InChI is InChI=1S/C12H14N2O2.C3H9N/c1-3-11(13-2)14-12(15)16-9-10-7-5-4-6-8-10;1-2-3-4/h3-8,11H,1-2,9H2,(H,14,15);2-4H2,1H3. The van der Waals surface area contributed by atoms with Gasteiger partial charge in [0.15, 0.2) is 0 Å². The first-order valence-electron chi connectivity index (χ1n) is 6.43. The molecule has 0 aliphatic heterocycles. The van der Waals surface area contributed by atoms with Crippen LogP contribution in [0.3, 0.4) is 0 Å². The fraction of sp³-hybridized carbons (Fsp3) is 0.333. The molecule has 0 aliphatic rings. The van der Waals surface area contributed by atoms with Crippen molar-refractivity contribution in [1.82, 2.24) is 5.32 Å². The van der Waals surface area contributed by atoms with Crippen LogP contribution in [0.15, 0.2) is 48.0 Å². The van der Waals surface area contributed by atoms with Gasteiger partial charge in [0.1, 0.15) is 12.8 Å². The van der Waals surface area contributed by atoms with Crippen LogP contribution in [-0.2, 0) is 11.3 Å². The Hall–Kier alpha value is -2.14. The second-order valence-corrected chi connectivity index (χ2v) is 3.86. The van der Waals surface area contributed by atoms with E-state index in [2.05, 4.69) is 30.5 Å². The van der Waals surface area contributed by atoms with Crippen molar-refractivity contribution in [2.45, 2.75) is 26.1 Å². The lowest BCUT2D eigenvalue weighted by atomic mass is 10.2. The molecule has 1 aromatic rings. The number of carbonyl (C=O) groups excluding carboxylic acids is 1. The molecule has 20 heavy (non-hydrogen) atoms. The molecule has 3 N–H and O–H groups in total. The van der Waals surface area contributed by atoms with Gasteiger partial charge in [-0.1, -0.05) is 43.8 Å². The van der Waals surface area contributed by atoms with Crippen LogP contribution in [0, 0.1) is 0 Å². The lowest BCUT2D eigenvalue weighted by molar-refractivity contribution is 0.138. The molecule has 0 fully saturated rings. The number of hydrogen-bond acceptors (Lipinski definition) is 4. The van der Waals surface area contributed by atoms with Crippen LogP contribution in [0.1, 0.15) is 18.9 Å². The highest BCUT2D eigenvalue weighted by atomic mass is 16.5. The molecule has 1 aromatic carbocycles. The van der Waals surface area contributed by atoms with E-state index in [1.165, 1.54) is 6.08 Å². The molecule has 5 heteroatoms. The SMILES string of the molecule is C=CC(N=C)NC(=O)OCc1ccccc1.CCCN. The lowest BCUT2D eigenvalue weighted by Crippen LogP contribution is -2.32. The van der Waals surface area contributed by atoms with Crippen molar-refractivity contribution in [3.8, 4) is 0 Å². The zero-order valence-corrected chi connectivity index (χ0v) is 11.9. The Morgan fingerprint density at radius 2 is 2.10 bits per heavy atom. The molecular weight excluding hydrogens is 254 g/mol. The van der Waals surface area contributed by atoms with E-state index in [1.807, 2.05) is 30.3 Å². The average Bonchev–Trinajstić information content (AvgIpc) is 2.51. The minimum atomic E-state index is -0.541. The summed E-state index contributed by atoms with van der Waals surface area (Å²) in [6, 6.07) is 9.43. The Bertz CT molecular complexity index is 383. The minimum absolute atomic E-state index is 0.230. The Balaban J connectivity index is 0.000000796. The third-order valence-corrected chi connectivity index (χ3v) is 2.19. The summed E-state index contributed by atoms with van der Waals surface area (Å²) in [4.78, 5) is 14.9. The lowest BCUT2D eigenvalue weighted by Gasteiger charge is -2.10. The van der Waals surface area contributed by atoms with Gasteiger partial charge in [0, 0.05) is 0 Å². The second kappa shape index (κ2) is 11.9. The van der Waals surface area contributed by atoms with E-state index in [0.717, 1.165) is 18.5 Å². The van der Waals surface area contributed by atoms with Gasteiger partial charge < -0.3 is 10.5 Å². The van der Waals surface area contributed by atoms with E-state index in [1.54, 1.807) is 0 Å². The van der Waals surface area contributed by atoms with Gasteiger partial charge in [-0.05, 0) is 31.3 Å². The Labute approximate surface area is 120 Å². The Morgan fingerprint density at radius 1 is 1.50 bits per heavy atom. The molecule has 1 atom stereocenters. The molecule has 0 saturated heterocycles. The van der Waals surface area contributed by atoms with Crippen LogP contribution < -0.4 is 11.1 Å². The Kier molecular flexibility index (Phi) is 10.6. The number of nitrogens with two attached hydrogens (primary N) is 1. The topological polar surface area (TPSA) is 76.7 Å². The zero-order chi connectivity index (χ0) is 15.2. The smallest absolute Gasteiger partial charge is 0.409 e. The predicted octanol–water partition coefficient (Wildman–Crippen LogP) is 2.48. The van der Waals surface area contributed by atoms with Gasteiger partial charge in [-0.2, -0.15) is 0 Å². The summed E-state index contributed by atoms with van der Waals surface area (Å²) in [6.45, 7) is 9.92. The highest BCUT2D eigenvalue weighted by Crippen LogP contribution is 2.00. The van der Waals surface area contributed by atoms with Gasteiger partial charge >= 0.3 is 6.09 Å². The van der Waals surface area contributed by atoms with Crippen molar-refractivity contribution in [3.63, 3.8) is 0 Å². The number of nitrogens with one attached hydrogen (secondary N) is 1.